The molecular formula is C14H22BrNOS. The van der Waals surface area contributed by atoms with Gasteiger partial charge in [-0.1, -0.05) is 19.3 Å². The third kappa shape index (κ3) is 4.34. The highest BCUT2D eigenvalue weighted by molar-refractivity contribution is 9.10. The Bertz CT molecular complexity index is 368. The number of nitrogens with zero attached hydrogens (tertiary/aromatic N) is 1. The minimum atomic E-state index is -0.0926. The van der Waals surface area contributed by atoms with E-state index in [0.717, 1.165) is 19.5 Å². The van der Waals surface area contributed by atoms with Gasteiger partial charge in [0.25, 0.3) is 0 Å². The number of halogens is 1. The van der Waals surface area contributed by atoms with Gasteiger partial charge >= 0.3 is 0 Å². The van der Waals surface area contributed by atoms with Crippen molar-refractivity contribution < 1.29 is 5.11 Å². The molecule has 1 aliphatic rings. The summed E-state index contributed by atoms with van der Waals surface area (Å²) in [6.07, 6.45) is 5.84. The van der Waals surface area contributed by atoms with E-state index in [9.17, 15) is 5.11 Å². The van der Waals surface area contributed by atoms with Gasteiger partial charge in [-0.3, -0.25) is 0 Å². The Morgan fingerprint density at radius 3 is 2.89 bits per heavy atom. The molecule has 2 atom stereocenters. The van der Waals surface area contributed by atoms with E-state index in [-0.39, 0.29) is 6.10 Å². The van der Waals surface area contributed by atoms with Crippen molar-refractivity contribution >= 4 is 27.3 Å². The molecule has 0 saturated heterocycles. The highest BCUT2D eigenvalue weighted by Gasteiger charge is 2.22. The third-order valence-corrected chi connectivity index (χ3v) is 5.40. The molecule has 0 aliphatic heterocycles. The molecule has 0 spiro atoms. The molecule has 0 aromatic carbocycles. The van der Waals surface area contributed by atoms with E-state index in [4.69, 9.17) is 0 Å². The monoisotopic (exact) mass is 331 g/mol. The van der Waals surface area contributed by atoms with E-state index >= 15 is 0 Å². The van der Waals surface area contributed by atoms with Crippen LogP contribution in [0.1, 0.15) is 37.0 Å². The molecule has 1 saturated carbocycles. The highest BCUT2D eigenvalue weighted by Crippen LogP contribution is 2.25. The molecular weight excluding hydrogens is 310 g/mol. The fourth-order valence-corrected chi connectivity index (χ4v) is 4.28. The maximum Gasteiger partial charge on any atom is 0.0580 e. The van der Waals surface area contributed by atoms with Crippen molar-refractivity contribution in [2.45, 2.75) is 44.8 Å². The zero-order chi connectivity index (χ0) is 13.0. The summed E-state index contributed by atoms with van der Waals surface area (Å²) in [5.74, 6) is 0.459. The normalized spacial score (nSPS) is 25.3. The maximum atomic E-state index is 10.1. The van der Waals surface area contributed by atoms with Crippen molar-refractivity contribution in [3.8, 4) is 0 Å². The van der Waals surface area contributed by atoms with Gasteiger partial charge in [0.15, 0.2) is 0 Å². The van der Waals surface area contributed by atoms with Crippen LogP contribution in [0.25, 0.3) is 0 Å². The van der Waals surface area contributed by atoms with Crippen molar-refractivity contribution in [2.75, 3.05) is 13.6 Å². The van der Waals surface area contributed by atoms with Gasteiger partial charge in [-0.25, -0.2) is 0 Å². The largest absolute Gasteiger partial charge is 0.393 e. The van der Waals surface area contributed by atoms with Gasteiger partial charge in [-0.15, -0.1) is 11.3 Å². The Balaban J connectivity index is 1.84. The molecule has 2 unspecified atom stereocenters. The van der Waals surface area contributed by atoms with Gasteiger partial charge in [0.05, 0.1) is 6.10 Å². The van der Waals surface area contributed by atoms with Gasteiger partial charge in [-0.05, 0) is 47.8 Å². The van der Waals surface area contributed by atoms with Crippen LogP contribution >= 0.6 is 27.3 Å². The first-order valence-electron chi connectivity index (χ1n) is 6.74. The van der Waals surface area contributed by atoms with E-state index in [1.165, 1.54) is 35.0 Å². The number of thiophene rings is 1. The lowest BCUT2D eigenvalue weighted by Gasteiger charge is -2.26. The van der Waals surface area contributed by atoms with Crippen molar-refractivity contribution in [3.63, 3.8) is 0 Å². The topological polar surface area (TPSA) is 23.5 Å². The average molecular weight is 332 g/mol. The van der Waals surface area contributed by atoms with Crippen molar-refractivity contribution in [1.29, 1.82) is 0 Å². The second kappa shape index (κ2) is 7.04. The lowest BCUT2D eigenvalue weighted by Crippen LogP contribution is -2.31. The van der Waals surface area contributed by atoms with Crippen molar-refractivity contribution in [3.05, 3.63) is 20.8 Å². The molecule has 1 aromatic rings. The molecule has 1 fully saturated rings. The number of aliphatic hydroxyl groups is 1. The predicted octanol–water partition coefficient (Wildman–Crippen LogP) is 3.88. The number of hydrogen-bond acceptors (Lipinski definition) is 3. The summed E-state index contributed by atoms with van der Waals surface area (Å²) in [7, 11) is 2.16. The van der Waals surface area contributed by atoms with Crippen LogP contribution in [0, 0.1) is 5.92 Å². The SMILES string of the molecule is CN(Cc1cc(Br)cs1)CC1CCCCCC1O. The minimum Gasteiger partial charge on any atom is -0.393 e. The summed E-state index contributed by atoms with van der Waals surface area (Å²) in [5.41, 5.74) is 0. The van der Waals surface area contributed by atoms with Crippen LogP contribution in [0.15, 0.2) is 15.9 Å². The van der Waals surface area contributed by atoms with E-state index < -0.39 is 0 Å². The standard InChI is InChI=1S/C14H22BrNOS/c1-16(9-13-7-12(15)10-18-13)8-11-5-3-2-4-6-14(11)17/h7,10-11,14,17H,2-6,8-9H2,1H3. The first-order chi connectivity index (χ1) is 8.65. The molecule has 1 aromatic heterocycles. The summed E-state index contributed by atoms with van der Waals surface area (Å²) >= 11 is 5.29. The molecule has 18 heavy (non-hydrogen) atoms. The van der Waals surface area contributed by atoms with Gasteiger partial charge < -0.3 is 10.0 Å². The molecule has 1 N–H and O–H groups in total. The van der Waals surface area contributed by atoms with Crippen LogP contribution in [0.3, 0.4) is 0 Å². The molecule has 2 rings (SSSR count). The first-order valence-corrected chi connectivity index (χ1v) is 8.42. The molecule has 1 aliphatic carbocycles. The second-order valence-corrected chi connectivity index (χ2v) is 7.30. The van der Waals surface area contributed by atoms with E-state index in [2.05, 4.69) is 39.3 Å². The molecule has 1 heterocycles. The summed E-state index contributed by atoms with van der Waals surface area (Å²) in [5, 5.41) is 12.3. The lowest BCUT2D eigenvalue weighted by atomic mass is 9.97. The Morgan fingerprint density at radius 1 is 1.39 bits per heavy atom. The Morgan fingerprint density at radius 2 is 2.17 bits per heavy atom. The summed E-state index contributed by atoms with van der Waals surface area (Å²) in [6.45, 7) is 2.00. The maximum absolute atomic E-state index is 10.1. The smallest absolute Gasteiger partial charge is 0.0580 e. The zero-order valence-corrected chi connectivity index (χ0v) is 13.3. The second-order valence-electron chi connectivity index (χ2n) is 5.39. The van der Waals surface area contributed by atoms with Crippen molar-refractivity contribution in [2.24, 2.45) is 5.92 Å². The molecule has 0 amide bonds. The van der Waals surface area contributed by atoms with Crippen LogP contribution in [0.2, 0.25) is 0 Å². The first kappa shape index (κ1) is 14.5. The zero-order valence-electron chi connectivity index (χ0n) is 10.9. The Hall–Kier alpha value is 0.1000. The van der Waals surface area contributed by atoms with Crippen LogP contribution in [-0.4, -0.2) is 29.7 Å². The van der Waals surface area contributed by atoms with E-state index in [0.29, 0.717) is 5.92 Å². The summed E-state index contributed by atoms with van der Waals surface area (Å²) in [4.78, 5) is 3.73. The van der Waals surface area contributed by atoms with Crippen LogP contribution < -0.4 is 0 Å². The van der Waals surface area contributed by atoms with Crippen LogP contribution in [-0.2, 0) is 6.54 Å². The number of rotatable bonds is 4. The molecule has 4 heteroatoms. The van der Waals surface area contributed by atoms with Crippen LogP contribution in [0.5, 0.6) is 0 Å². The number of aliphatic hydroxyl groups excluding tert-OH is 1. The van der Waals surface area contributed by atoms with Gasteiger partial charge in [0.2, 0.25) is 0 Å². The molecule has 102 valence electrons. The highest BCUT2D eigenvalue weighted by atomic mass is 79.9. The van der Waals surface area contributed by atoms with Crippen molar-refractivity contribution in [1.82, 2.24) is 4.90 Å². The average Bonchev–Trinajstić information content (AvgIpc) is 2.61. The van der Waals surface area contributed by atoms with E-state index in [1.807, 2.05) is 0 Å². The van der Waals surface area contributed by atoms with E-state index in [1.54, 1.807) is 11.3 Å². The Kier molecular flexibility index (Phi) is 5.67. The van der Waals surface area contributed by atoms with Crippen LogP contribution in [0.4, 0.5) is 0 Å². The third-order valence-electron chi connectivity index (χ3n) is 3.71. The fourth-order valence-electron chi connectivity index (χ4n) is 2.75. The quantitative estimate of drug-likeness (QED) is 0.846. The minimum absolute atomic E-state index is 0.0926. The molecule has 2 nitrogen and oxygen atoms in total. The molecule has 0 radical (unpaired) electrons. The van der Waals surface area contributed by atoms with Gasteiger partial charge in [0, 0.05) is 27.8 Å². The predicted molar refractivity (Wildman–Crippen MR) is 80.9 cm³/mol. The number of hydrogen-bond donors (Lipinski definition) is 1. The summed E-state index contributed by atoms with van der Waals surface area (Å²) < 4.78 is 1.17. The fraction of sp³-hybridized carbons (Fsp3) is 0.714. The van der Waals surface area contributed by atoms with Gasteiger partial charge in [0.1, 0.15) is 0 Å². The van der Waals surface area contributed by atoms with Gasteiger partial charge in [-0.2, -0.15) is 0 Å². The summed E-state index contributed by atoms with van der Waals surface area (Å²) in [6, 6.07) is 2.19. The molecule has 0 bridgehead atoms. The Labute approximate surface area is 122 Å². The lowest BCUT2D eigenvalue weighted by molar-refractivity contribution is 0.0782.